The highest BCUT2D eigenvalue weighted by Crippen LogP contribution is 2.38. The Balaban J connectivity index is 1.86. The molecule has 1 aliphatic heterocycles. The summed E-state index contributed by atoms with van der Waals surface area (Å²) in [6, 6.07) is 6.02. The fourth-order valence-corrected chi connectivity index (χ4v) is 7.09. The van der Waals surface area contributed by atoms with Gasteiger partial charge in [-0.05, 0) is 74.3 Å². The number of aromatic hydroxyl groups is 1. The highest BCUT2D eigenvalue weighted by Gasteiger charge is 2.34. The molecule has 10 heteroatoms. The lowest BCUT2D eigenvalue weighted by Gasteiger charge is -2.33. The van der Waals surface area contributed by atoms with E-state index in [1.54, 1.807) is 36.6 Å². The normalized spacial score (nSPS) is 15.4. The summed E-state index contributed by atoms with van der Waals surface area (Å²) in [6.45, 7) is 8.41. The maximum absolute atomic E-state index is 14.0. The Morgan fingerprint density at radius 1 is 1.18 bits per heavy atom. The van der Waals surface area contributed by atoms with Crippen LogP contribution in [0.25, 0.3) is 11.1 Å². The van der Waals surface area contributed by atoms with Crippen LogP contribution in [0.15, 0.2) is 45.0 Å². The van der Waals surface area contributed by atoms with E-state index in [9.17, 15) is 22.7 Å². The molecule has 3 aromatic rings. The molecule has 8 nitrogen and oxygen atoms in total. The van der Waals surface area contributed by atoms with Gasteiger partial charge in [0.2, 0.25) is 21.7 Å². The Hall–Kier alpha value is -3.11. The molecule has 0 spiro atoms. The Morgan fingerprint density at radius 2 is 1.90 bits per heavy atom. The third-order valence-electron chi connectivity index (χ3n) is 7.63. The third kappa shape index (κ3) is 5.63. The van der Waals surface area contributed by atoms with E-state index in [2.05, 4.69) is 9.97 Å². The molecule has 0 saturated carbocycles. The molecule has 39 heavy (non-hydrogen) atoms. The molecule has 1 fully saturated rings. The van der Waals surface area contributed by atoms with Crippen molar-refractivity contribution < 1.29 is 22.7 Å². The predicted octanol–water partition coefficient (Wildman–Crippen LogP) is 5.32. The zero-order chi connectivity index (χ0) is 28.3. The van der Waals surface area contributed by atoms with Gasteiger partial charge in [-0.3, -0.25) is 9.36 Å². The quantitative estimate of drug-likeness (QED) is 0.355. The van der Waals surface area contributed by atoms with Gasteiger partial charge in [0.05, 0.1) is 4.90 Å². The Bertz CT molecular complexity index is 1510. The molecule has 210 valence electrons. The molecule has 0 unspecified atom stereocenters. The lowest BCUT2D eigenvalue weighted by atomic mass is 9.89. The second-order valence-electron chi connectivity index (χ2n) is 10.1. The minimum Gasteiger partial charge on any atom is -0.493 e. The lowest BCUT2D eigenvalue weighted by molar-refractivity contribution is 0.0454. The van der Waals surface area contributed by atoms with Crippen molar-refractivity contribution in [2.24, 2.45) is 5.92 Å². The summed E-state index contributed by atoms with van der Waals surface area (Å²) < 4.78 is 49.0. The van der Waals surface area contributed by atoms with Crippen molar-refractivity contribution in [3.8, 4) is 17.0 Å². The second kappa shape index (κ2) is 12.0. The summed E-state index contributed by atoms with van der Waals surface area (Å²) >= 11 is 0. The van der Waals surface area contributed by atoms with Gasteiger partial charge in [-0.1, -0.05) is 32.4 Å². The molecule has 4 rings (SSSR count). The number of sulfone groups is 1. The minimum absolute atomic E-state index is 0.111. The molecule has 0 radical (unpaired) electrons. The zero-order valence-corrected chi connectivity index (χ0v) is 23.7. The van der Waals surface area contributed by atoms with Crippen molar-refractivity contribution >= 4 is 9.84 Å². The van der Waals surface area contributed by atoms with Crippen molar-refractivity contribution in [1.29, 1.82) is 0 Å². The number of halogens is 1. The average Bonchev–Trinajstić information content (AvgIpc) is 2.91. The van der Waals surface area contributed by atoms with Crippen molar-refractivity contribution in [2.75, 3.05) is 13.2 Å². The predicted molar refractivity (Wildman–Crippen MR) is 146 cm³/mol. The Labute approximate surface area is 228 Å². The first kappa shape index (κ1) is 28.9. The summed E-state index contributed by atoms with van der Waals surface area (Å²) in [5.41, 5.74) is 0.946. The molecule has 0 aliphatic carbocycles. The van der Waals surface area contributed by atoms with E-state index >= 15 is 0 Å². The van der Waals surface area contributed by atoms with Crippen LogP contribution in [0.2, 0.25) is 0 Å². The average molecular weight is 558 g/mol. The maximum atomic E-state index is 14.0. The number of ether oxygens (including phenoxy) is 1. The minimum atomic E-state index is -4.44. The van der Waals surface area contributed by atoms with Gasteiger partial charge < -0.3 is 9.84 Å². The summed E-state index contributed by atoms with van der Waals surface area (Å²) in [5.74, 6) is -0.606. The lowest BCUT2D eigenvalue weighted by Crippen LogP contribution is -2.32. The van der Waals surface area contributed by atoms with Gasteiger partial charge in [-0.2, -0.15) is 9.37 Å². The van der Waals surface area contributed by atoms with Crippen LogP contribution < -0.4 is 5.56 Å². The first-order valence-electron chi connectivity index (χ1n) is 13.5. The van der Waals surface area contributed by atoms with Crippen LogP contribution in [0.3, 0.4) is 0 Å². The number of benzene rings is 1. The largest absolute Gasteiger partial charge is 0.493 e. The van der Waals surface area contributed by atoms with E-state index in [1.165, 1.54) is 12.3 Å². The van der Waals surface area contributed by atoms with Crippen LogP contribution in [-0.4, -0.2) is 41.3 Å². The van der Waals surface area contributed by atoms with E-state index in [0.29, 0.717) is 54.1 Å². The zero-order valence-electron chi connectivity index (χ0n) is 22.9. The van der Waals surface area contributed by atoms with Gasteiger partial charge in [-0.15, -0.1) is 0 Å². The van der Waals surface area contributed by atoms with Crippen LogP contribution in [0.5, 0.6) is 5.88 Å². The molecule has 1 aliphatic rings. The number of aromatic nitrogens is 3. The van der Waals surface area contributed by atoms with E-state index in [-0.39, 0.29) is 16.9 Å². The van der Waals surface area contributed by atoms with Gasteiger partial charge in [0.25, 0.3) is 5.56 Å². The molecule has 2 aromatic heterocycles. The number of hydrogen-bond donors (Lipinski definition) is 1. The molecule has 1 atom stereocenters. The number of nitrogens with zero attached hydrogens (tertiary/aromatic N) is 3. The number of rotatable bonds is 9. The van der Waals surface area contributed by atoms with Gasteiger partial charge >= 0.3 is 0 Å². The molecule has 3 heterocycles. The first-order valence-corrected chi connectivity index (χ1v) is 15.0. The molecular weight excluding hydrogens is 521 g/mol. The Morgan fingerprint density at radius 3 is 2.54 bits per heavy atom. The van der Waals surface area contributed by atoms with Crippen LogP contribution >= 0.6 is 0 Å². The highest BCUT2D eigenvalue weighted by molar-refractivity contribution is 7.91. The summed E-state index contributed by atoms with van der Waals surface area (Å²) in [7, 11) is -4.44. The third-order valence-corrected chi connectivity index (χ3v) is 9.57. The van der Waals surface area contributed by atoms with Crippen LogP contribution in [0.1, 0.15) is 68.9 Å². The molecular formula is C29H36FN3O5S. The molecule has 1 N–H and O–H groups in total. The van der Waals surface area contributed by atoms with Crippen LogP contribution in [0, 0.1) is 25.7 Å². The summed E-state index contributed by atoms with van der Waals surface area (Å²) in [5, 5.41) is 11.5. The van der Waals surface area contributed by atoms with E-state index < -0.39 is 32.1 Å². The summed E-state index contributed by atoms with van der Waals surface area (Å²) in [4.78, 5) is 20.3. The van der Waals surface area contributed by atoms with E-state index in [1.807, 2.05) is 13.8 Å². The topological polar surface area (TPSA) is 111 Å². The summed E-state index contributed by atoms with van der Waals surface area (Å²) in [6.07, 6.45) is 5.59. The molecule has 1 saturated heterocycles. The monoisotopic (exact) mass is 557 g/mol. The van der Waals surface area contributed by atoms with Crippen LogP contribution in [0.4, 0.5) is 4.39 Å². The van der Waals surface area contributed by atoms with E-state index in [4.69, 9.17) is 4.74 Å². The number of unbranched alkanes of at least 4 members (excludes halogenated alkanes) is 1. The van der Waals surface area contributed by atoms with Crippen molar-refractivity contribution in [3.63, 3.8) is 0 Å². The molecule has 1 aromatic carbocycles. The molecule has 0 amide bonds. The standard InChI is InChI=1S/C29H36FN3O5S/c1-5-7-8-25-32-28(34)26(29(35)33(25)23(6-2)20-12-15-38-16-13-20)39(36,37)24-10-9-21(17-18(24)3)22-11-14-31-27(30)19(22)4/h9-11,14,17,20,23,35H,5-8,12-13,15-16H2,1-4H3/t23-/m0/s1. The van der Waals surface area contributed by atoms with Crippen LogP contribution in [-0.2, 0) is 21.0 Å². The van der Waals surface area contributed by atoms with Crippen molar-refractivity contribution in [3.05, 3.63) is 63.7 Å². The van der Waals surface area contributed by atoms with Gasteiger partial charge in [0.15, 0.2) is 4.90 Å². The van der Waals surface area contributed by atoms with Gasteiger partial charge in [0.1, 0.15) is 5.82 Å². The van der Waals surface area contributed by atoms with Gasteiger partial charge in [0, 0.05) is 37.4 Å². The SMILES string of the molecule is CCCCc1nc(=O)c(S(=O)(=O)c2ccc(-c3ccnc(F)c3C)cc2C)c(O)n1[C@@H](CC)C1CCOCC1. The van der Waals surface area contributed by atoms with Gasteiger partial charge in [-0.25, -0.2) is 13.4 Å². The number of aryl methyl sites for hydroxylation is 2. The molecule has 0 bridgehead atoms. The van der Waals surface area contributed by atoms with E-state index in [0.717, 1.165) is 25.7 Å². The number of hydrogen-bond acceptors (Lipinski definition) is 7. The Kier molecular flexibility index (Phi) is 8.86. The second-order valence-corrected chi connectivity index (χ2v) is 12.0. The number of pyridine rings is 1. The fraction of sp³-hybridized carbons (Fsp3) is 0.483. The van der Waals surface area contributed by atoms with Crippen molar-refractivity contribution in [1.82, 2.24) is 14.5 Å². The maximum Gasteiger partial charge on any atom is 0.296 e. The first-order chi connectivity index (χ1) is 18.6. The highest BCUT2D eigenvalue weighted by atomic mass is 32.2. The smallest absolute Gasteiger partial charge is 0.296 e. The van der Waals surface area contributed by atoms with Crippen molar-refractivity contribution in [2.45, 2.75) is 82.1 Å². The fourth-order valence-electron chi connectivity index (χ4n) is 5.52.